The number of nitro benzene ring substituents is 1. The Hall–Kier alpha value is -1.58. The molecule has 0 unspecified atom stereocenters. The SMILES string of the molecule is CCc1c(N)ccc([N+](=O)[O-])c1CC. The average Bonchev–Trinajstić information content (AvgIpc) is 2.16. The minimum Gasteiger partial charge on any atom is -0.398 e. The van der Waals surface area contributed by atoms with Gasteiger partial charge in [-0.3, -0.25) is 10.1 Å². The predicted molar refractivity (Wildman–Crippen MR) is 56.3 cm³/mol. The Balaban J connectivity index is 3.40. The van der Waals surface area contributed by atoms with Gasteiger partial charge in [0.1, 0.15) is 0 Å². The second kappa shape index (κ2) is 4.09. The van der Waals surface area contributed by atoms with E-state index in [1.807, 2.05) is 13.8 Å². The molecule has 14 heavy (non-hydrogen) atoms. The molecule has 1 rings (SSSR count). The van der Waals surface area contributed by atoms with Crippen LogP contribution < -0.4 is 5.73 Å². The molecule has 0 saturated carbocycles. The van der Waals surface area contributed by atoms with Crippen molar-refractivity contribution in [1.29, 1.82) is 0 Å². The van der Waals surface area contributed by atoms with Gasteiger partial charge in [-0.2, -0.15) is 0 Å². The van der Waals surface area contributed by atoms with Gasteiger partial charge in [-0.15, -0.1) is 0 Å². The van der Waals surface area contributed by atoms with Crippen LogP contribution >= 0.6 is 0 Å². The fourth-order valence-corrected chi connectivity index (χ4v) is 1.68. The number of hydrogen-bond donors (Lipinski definition) is 1. The lowest BCUT2D eigenvalue weighted by Crippen LogP contribution is -2.02. The summed E-state index contributed by atoms with van der Waals surface area (Å²) in [4.78, 5) is 10.4. The summed E-state index contributed by atoms with van der Waals surface area (Å²) in [5.74, 6) is 0. The third-order valence-corrected chi connectivity index (χ3v) is 2.35. The third-order valence-electron chi connectivity index (χ3n) is 2.35. The van der Waals surface area contributed by atoms with E-state index in [2.05, 4.69) is 0 Å². The van der Waals surface area contributed by atoms with Crippen LogP contribution in [0.1, 0.15) is 25.0 Å². The first-order valence-corrected chi connectivity index (χ1v) is 4.66. The van der Waals surface area contributed by atoms with E-state index < -0.39 is 0 Å². The van der Waals surface area contributed by atoms with E-state index in [0.29, 0.717) is 12.1 Å². The highest BCUT2D eigenvalue weighted by Gasteiger charge is 2.16. The summed E-state index contributed by atoms with van der Waals surface area (Å²) in [6, 6.07) is 3.09. The molecule has 0 radical (unpaired) electrons. The molecule has 1 aromatic carbocycles. The van der Waals surface area contributed by atoms with Crippen molar-refractivity contribution < 1.29 is 4.92 Å². The Bertz CT molecular complexity index is 361. The average molecular weight is 194 g/mol. The van der Waals surface area contributed by atoms with Gasteiger partial charge in [0.15, 0.2) is 0 Å². The van der Waals surface area contributed by atoms with Crippen LogP contribution in [0.25, 0.3) is 0 Å². The van der Waals surface area contributed by atoms with Gasteiger partial charge in [0.2, 0.25) is 0 Å². The van der Waals surface area contributed by atoms with Crippen molar-refractivity contribution in [3.63, 3.8) is 0 Å². The number of nitrogens with two attached hydrogens (primary N) is 1. The number of nitrogens with zero attached hydrogens (tertiary/aromatic N) is 1. The van der Waals surface area contributed by atoms with Crippen molar-refractivity contribution in [3.8, 4) is 0 Å². The Morgan fingerprint density at radius 3 is 2.29 bits per heavy atom. The standard InChI is InChI=1S/C10H14N2O2/c1-3-7-8(4-2)10(12(13)14)6-5-9(7)11/h5-6H,3-4,11H2,1-2H3. The van der Waals surface area contributed by atoms with Crippen LogP contribution in [0.15, 0.2) is 12.1 Å². The maximum absolute atomic E-state index is 10.7. The molecule has 0 fully saturated rings. The van der Waals surface area contributed by atoms with E-state index in [1.165, 1.54) is 6.07 Å². The van der Waals surface area contributed by atoms with Crippen LogP contribution in [0.4, 0.5) is 11.4 Å². The monoisotopic (exact) mass is 194 g/mol. The first-order chi connectivity index (χ1) is 6.61. The number of nitrogen functional groups attached to an aromatic ring is 1. The summed E-state index contributed by atoms with van der Waals surface area (Å²) in [6.45, 7) is 3.86. The van der Waals surface area contributed by atoms with Crippen molar-refractivity contribution in [2.45, 2.75) is 26.7 Å². The number of hydrogen-bond acceptors (Lipinski definition) is 3. The van der Waals surface area contributed by atoms with Crippen molar-refractivity contribution in [1.82, 2.24) is 0 Å². The van der Waals surface area contributed by atoms with Crippen molar-refractivity contribution in [2.24, 2.45) is 0 Å². The lowest BCUT2D eigenvalue weighted by Gasteiger charge is -2.09. The number of benzene rings is 1. The molecule has 0 spiro atoms. The molecule has 76 valence electrons. The Kier molecular flexibility index (Phi) is 3.06. The fourth-order valence-electron chi connectivity index (χ4n) is 1.68. The summed E-state index contributed by atoms with van der Waals surface area (Å²) < 4.78 is 0. The summed E-state index contributed by atoms with van der Waals surface area (Å²) in [6.07, 6.45) is 1.38. The molecule has 0 aliphatic carbocycles. The van der Waals surface area contributed by atoms with E-state index in [1.54, 1.807) is 6.07 Å². The Labute approximate surface area is 82.9 Å². The maximum atomic E-state index is 10.7. The summed E-state index contributed by atoms with van der Waals surface area (Å²) >= 11 is 0. The van der Waals surface area contributed by atoms with E-state index in [0.717, 1.165) is 17.5 Å². The van der Waals surface area contributed by atoms with Crippen LogP contribution in [0.5, 0.6) is 0 Å². The molecule has 0 saturated heterocycles. The first-order valence-electron chi connectivity index (χ1n) is 4.66. The summed E-state index contributed by atoms with van der Waals surface area (Å²) in [7, 11) is 0. The lowest BCUT2D eigenvalue weighted by atomic mass is 9.99. The molecule has 2 N–H and O–H groups in total. The predicted octanol–water partition coefficient (Wildman–Crippen LogP) is 2.30. The lowest BCUT2D eigenvalue weighted by molar-refractivity contribution is -0.385. The van der Waals surface area contributed by atoms with Crippen molar-refractivity contribution in [3.05, 3.63) is 33.4 Å². The molecular formula is C10H14N2O2. The highest BCUT2D eigenvalue weighted by atomic mass is 16.6. The van der Waals surface area contributed by atoms with E-state index >= 15 is 0 Å². The largest absolute Gasteiger partial charge is 0.398 e. The molecular weight excluding hydrogens is 180 g/mol. The molecule has 0 aromatic heterocycles. The number of nitro groups is 1. The maximum Gasteiger partial charge on any atom is 0.272 e. The molecule has 4 nitrogen and oxygen atoms in total. The molecule has 4 heteroatoms. The van der Waals surface area contributed by atoms with Gasteiger partial charge < -0.3 is 5.73 Å². The van der Waals surface area contributed by atoms with Gasteiger partial charge in [0, 0.05) is 17.3 Å². The fraction of sp³-hybridized carbons (Fsp3) is 0.400. The third kappa shape index (κ3) is 1.69. The van der Waals surface area contributed by atoms with Crippen LogP contribution in [0.3, 0.4) is 0 Å². The van der Waals surface area contributed by atoms with Gasteiger partial charge >= 0.3 is 0 Å². The van der Waals surface area contributed by atoms with E-state index in [-0.39, 0.29) is 10.6 Å². The van der Waals surface area contributed by atoms with Gasteiger partial charge in [-0.25, -0.2) is 0 Å². The molecule has 0 aliphatic heterocycles. The summed E-state index contributed by atoms with van der Waals surface area (Å²) in [5.41, 5.74) is 8.25. The van der Waals surface area contributed by atoms with Gasteiger partial charge in [-0.05, 0) is 24.5 Å². The van der Waals surface area contributed by atoms with Crippen LogP contribution in [-0.2, 0) is 12.8 Å². The first kappa shape index (κ1) is 10.5. The quantitative estimate of drug-likeness (QED) is 0.456. The smallest absolute Gasteiger partial charge is 0.272 e. The molecule has 0 atom stereocenters. The van der Waals surface area contributed by atoms with Gasteiger partial charge in [0.25, 0.3) is 5.69 Å². The topological polar surface area (TPSA) is 69.2 Å². The molecule has 0 aliphatic rings. The highest BCUT2D eigenvalue weighted by Crippen LogP contribution is 2.27. The molecule has 0 bridgehead atoms. The van der Waals surface area contributed by atoms with E-state index in [9.17, 15) is 10.1 Å². The molecule has 0 heterocycles. The Morgan fingerprint density at radius 1 is 1.29 bits per heavy atom. The summed E-state index contributed by atoms with van der Waals surface area (Å²) in [5, 5.41) is 10.7. The highest BCUT2D eigenvalue weighted by molar-refractivity contribution is 5.59. The molecule has 0 amide bonds. The zero-order valence-electron chi connectivity index (χ0n) is 8.41. The second-order valence-electron chi connectivity index (χ2n) is 3.10. The number of rotatable bonds is 3. The Morgan fingerprint density at radius 2 is 1.86 bits per heavy atom. The normalized spacial score (nSPS) is 10.1. The minimum absolute atomic E-state index is 0.179. The molecule has 1 aromatic rings. The van der Waals surface area contributed by atoms with Gasteiger partial charge in [-0.1, -0.05) is 13.8 Å². The van der Waals surface area contributed by atoms with Crippen LogP contribution in [0, 0.1) is 10.1 Å². The van der Waals surface area contributed by atoms with Crippen molar-refractivity contribution in [2.75, 3.05) is 5.73 Å². The van der Waals surface area contributed by atoms with E-state index in [4.69, 9.17) is 5.73 Å². The van der Waals surface area contributed by atoms with Gasteiger partial charge in [0.05, 0.1) is 4.92 Å². The van der Waals surface area contributed by atoms with Crippen LogP contribution in [-0.4, -0.2) is 4.92 Å². The van der Waals surface area contributed by atoms with Crippen molar-refractivity contribution >= 4 is 11.4 Å². The second-order valence-corrected chi connectivity index (χ2v) is 3.10. The number of anilines is 1. The minimum atomic E-state index is -0.350. The van der Waals surface area contributed by atoms with Crippen LogP contribution in [0.2, 0.25) is 0 Å². The zero-order valence-corrected chi connectivity index (χ0v) is 8.41. The zero-order chi connectivity index (χ0) is 10.7.